The molecule has 1 atom stereocenters. The third-order valence-electron chi connectivity index (χ3n) is 5.04. The molecule has 0 N–H and O–H groups in total. The fraction of sp³-hybridized carbons (Fsp3) is 0.364. The quantitative estimate of drug-likeness (QED) is 0.792. The zero-order valence-corrected chi connectivity index (χ0v) is 17.1. The second-order valence-electron chi connectivity index (χ2n) is 7.24. The minimum Gasteiger partial charge on any atom is -0.347 e. The Kier molecular flexibility index (Phi) is 6.70. The fourth-order valence-corrected chi connectivity index (χ4v) is 3.78. The van der Waals surface area contributed by atoms with Gasteiger partial charge in [0.15, 0.2) is 0 Å². The summed E-state index contributed by atoms with van der Waals surface area (Å²) < 4.78 is 0. The van der Waals surface area contributed by atoms with E-state index in [-0.39, 0.29) is 17.9 Å². The number of likely N-dealkylation sites (N-methyl/N-ethyl adjacent to an activating group) is 1. The van der Waals surface area contributed by atoms with Gasteiger partial charge in [0.2, 0.25) is 5.91 Å². The highest BCUT2D eigenvalue weighted by Gasteiger charge is 2.31. The minimum atomic E-state index is -0.336. The first-order valence-electron chi connectivity index (χ1n) is 9.52. The predicted octanol–water partition coefficient (Wildman–Crippen LogP) is 3.32. The largest absolute Gasteiger partial charge is 0.347 e. The number of nitrogens with zero attached hydrogens (tertiary/aromatic N) is 3. The third kappa shape index (κ3) is 4.72. The number of benzene rings is 2. The van der Waals surface area contributed by atoms with Gasteiger partial charge in [0.05, 0.1) is 0 Å². The van der Waals surface area contributed by atoms with Gasteiger partial charge < -0.3 is 9.80 Å². The van der Waals surface area contributed by atoms with Crippen molar-refractivity contribution in [2.24, 2.45) is 0 Å². The van der Waals surface area contributed by atoms with Crippen LogP contribution in [0.4, 0.5) is 0 Å². The van der Waals surface area contributed by atoms with Gasteiger partial charge in [0.1, 0.15) is 6.04 Å². The summed E-state index contributed by atoms with van der Waals surface area (Å²) in [5.74, 6) is 0.0420. The van der Waals surface area contributed by atoms with E-state index in [1.807, 2.05) is 35.2 Å². The van der Waals surface area contributed by atoms with E-state index in [0.29, 0.717) is 30.2 Å². The Morgan fingerprint density at radius 2 is 1.71 bits per heavy atom. The van der Waals surface area contributed by atoms with Crippen molar-refractivity contribution in [3.05, 3.63) is 70.7 Å². The molecular weight excluding hydrogens is 374 g/mol. The molecule has 1 saturated heterocycles. The molecule has 0 radical (unpaired) electrons. The maximum Gasteiger partial charge on any atom is 0.253 e. The molecule has 5 nitrogen and oxygen atoms in total. The number of carbonyl (C=O) groups excluding carboxylic acids is 2. The first kappa shape index (κ1) is 20.4. The lowest BCUT2D eigenvalue weighted by Crippen LogP contribution is -2.42. The van der Waals surface area contributed by atoms with E-state index in [2.05, 4.69) is 4.90 Å². The van der Waals surface area contributed by atoms with E-state index >= 15 is 0 Å². The van der Waals surface area contributed by atoms with Crippen LogP contribution in [-0.2, 0) is 4.79 Å². The molecule has 1 aliphatic heterocycles. The molecule has 148 valence electrons. The summed E-state index contributed by atoms with van der Waals surface area (Å²) >= 11 is 6.04. The molecule has 2 aromatic carbocycles. The van der Waals surface area contributed by atoms with Gasteiger partial charge in [-0.1, -0.05) is 48.0 Å². The first-order valence-corrected chi connectivity index (χ1v) is 9.90. The molecule has 6 heteroatoms. The van der Waals surface area contributed by atoms with Crippen LogP contribution in [0.25, 0.3) is 0 Å². The lowest BCUT2D eigenvalue weighted by Gasteiger charge is -2.32. The highest BCUT2D eigenvalue weighted by molar-refractivity contribution is 6.30. The van der Waals surface area contributed by atoms with Gasteiger partial charge in [-0.15, -0.1) is 0 Å². The van der Waals surface area contributed by atoms with Crippen LogP contribution in [0.15, 0.2) is 54.6 Å². The molecule has 28 heavy (non-hydrogen) atoms. The van der Waals surface area contributed by atoms with Crippen LogP contribution >= 0.6 is 11.6 Å². The normalized spacial score (nSPS) is 16.3. The molecule has 0 saturated carbocycles. The molecule has 1 heterocycles. The van der Waals surface area contributed by atoms with Crippen molar-refractivity contribution in [2.45, 2.75) is 12.5 Å². The van der Waals surface area contributed by atoms with Crippen molar-refractivity contribution >= 4 is 23.4 Å². The molecule has 3 rings (SSSR count). The highest BCUT2D eigenvalue weighted by atomic mass is 35.5. The summed E-state index contributed by atoms with van der Waals surface area (Å²) in [6, 6.07) is 16.6. The Balaban J connectivity index is 1.77. The monoisotopic (exact) mass is 399 g/mol. The summed E-state index contributed by atoms with van der Waals surface area (Å²) in [4.78, 5) is 31.5. The second-order valence-corrected chi connectivity index (χ2v) is 7.67. The van der Waals surface area contributed by atoms with Crippen molar-refractivity contribution in [3.8, 4) is 0 Å². The standard InChI is InChI=1S/C22H26ClN3O2/c1-24(2)22(28)20(17-8-4-3-5-9-17)25-12-7-13-26(15-14-25)21(27)18-10-6-11-19(23)16-18/h3-6,8-11,16,20H,7,12-15H2,1-2H3. The van der Waals surface area contributed by atoms with Gasteiger partial charge in [-0.05, 0) is 30.2 Å². The van der Waals surface area contributed by atoms with Crippen LogP contribution in [-0.4, -0.2) is 66.8 Å². The average molecular weight is 400 g/mol. The van der Waals surface area contributed by atoms with Gasteiger partial charge in [-0.3, -0.25) is 14.5 Å². The van der Waals surface area contributed by atoms with E-state index in [0.717, 1.165) is 18.5 Å². The average Bonchev–Trinajstić information content (AvgIpc) is 2.94. The van der Waals surface area contributed by atoms with Crippen LogP contribution in [0.1, 0.15) is 28.4 Å². The molecule has 1 fully saturated rings. The van der Waals surface area contributed by atoms with Crippen molar-refractivity contribution in [1.29, 1.82) is 0 Å². The predicted molar refractivity (Wildman–Crippen MR) is 111 cm³/mol. The van der Waals surface area contributed by atoms with Crippen molar-refractivity contribution < 1.29 is 9.59 Å². The number of hydrogen-bond donors (Lipinski definition) is 0. The number of hydrogen-bond acceptors (Lipinski definition) is 3. The van der Waals surface area contributed by atoms with Gasteiger partial charge >= 0.3 is 0 Å². The Hall–Kier alpha value is -2.37. The van der Waals surface area contributed by atoms with Crippen molar-refractivity contribution in [2.75, 3.05) is 40.3 Å². The molecule has 0 aliphatic carbocycles. The van der Waals surface area contributed by atoms with Gasteiger partial charge in [0, 0.05) is 50.9 Å². The molecule has 0 aromatic heterocycles. The van der Waals surface area contributed by atoms with Crippen LogP contribution in [0.2, 0.25) is 5.02 Å². The van der Waals surface area contributed by atoms with Gasteiger partial charge in [-0.2, -0.15) is 0 Å². The van der Waals surface area contributed by atoms with E-state index < -0.39 is 0 Å². The zero-order chi connectivity index (χ0) is 20.1. The summed E-state index contributed by atoms with van der Waals surface area (Å²) in [7, 11) is 3.57. The number of rotatable bonds is 4. The molecule has 1 aliphatic rings. The zero-order valence-electron chi connectivity index (χ0n) is 16.3. The third-order valence-corrected chi connectivity index (χ3v) is 5.28. The van der Waals surface area contributed by atoms with Crippen molar-refractivity contribution in [1.82, 2.24) is 14.7 Å². The van der Waals surface area contributed by atoms with E-state index in [4.69, 9.17) is 11.6 Å². The molecule has 2 aromatic rings. The molecule has 0 spiro atoms. The minimum absolute atomic E-state index is 0.0143. The number of carbonyl (C=O) groups is 2. The molecule has 0 bridgehead atoms. The maximum absolute atomic E-state index is 12.9. The van der Waals surface area contributed by atoms with Gasteiger partial charge in [0.25, 0.3) is 5.91 Å². The van der Waals surface area contributed by atoms with Gasteiger partial charge in [-0.25, -0.2) is 0 Å². The first-order chi connectivity index (χ1) is 13.5. The Morgan fingerprint density at radius 3 is 2.39 bits per heavy atom. The second kappa shape index (κ2) is 9.22. The highest BCUT2D eigenvalue weighted by Crippen LogP contribution is 2.24. The number of halogens is 1. The molecule has 2 amide bonds. The Labute approximate surface area is 171 Å². The SMILES string of the molecule is CN(C)C(=O)C(c1ccccc1)N1CCCN(C(=O)c2cccc(Cl)c2)CC1. The molecular formula is C22H26ClN3O2. The topological polar surface area (TPSA) is 43.9 Å². The Morgan fingerprint density at radius 1 is 0.964 bits per heavy atom. The maximum atomic E-state index is 12.9. The smallest absolute Gasteiger partial charge is 0.253 e. The van der Waals surface area contributed by atoms with E-state index in [1.165, 1.54) is 0 Å². The van der Waals surface area contributed by atoms with Crippen LogP contribution in [0.3, 0.4) is 0 Å². The van der Waals surface area contributed by atoms with Crippen molar-refractivity contribution in [3.63, 3.8) is 0 Å². The summed E-state index contributed by atoms with van der Waals surface area (Å²) in [6.07, 6.45) is 0.816. The van der Waals surface area contributed by atoms with E-state index in [9.17, 15) is 9.59 Å². The number of amides is 2. The lowest BCUT2D eigenvalue weighted by molar-refractivity contribution is -0.134. The fourth-order valence-electron chi connectivity index (χ4n) is 3.59. The Bertz CT molecular complexity index is 826. The summed E-state index contributed by atoms with van der Waals surface area (Å²) in [6.45, 7) is 2.65. The van der Waals surface area contributed by atoms with Crippen LogP contribution in [0, 0.1) is 0 Å². The molecule has 1 unspecified atom stereocenters. The summed E-state index contributed by atoms with van der Waals surface area (Å²) in [5, 5.41) is 0.558. The lowest BCUT2D eigenvalue weighted by atomic mass is 10.0. The summed E-state index contributed by atoms with van der Waals surface area (Å²) in [5.41, 5.74) is 1.58. The van der Waals surface area contributed by atoms with Crippen LogP contribution < -0.4 is 0 Å². The van der Waals surface area contributed by atoms with E-state index in [1.54, 1.807) is 43.3 Å². The van der Waals surface area contributed by atoms with Crippen LogP contribution in [0.5, 0.6) is 0 Å².